The number of nitrogens with one attached hydrogen (secondary N) is 1. The Bertz CT molecular complexity index is 1010. The minimum absolute atomic E-state index is 0.156. The molecule has 160 valence electrons. The van der Waals surface area contributed by atoms with Gasteiger partial charge in [-0.05, 0) is 31.0 Å². The maximum Gasteiger partial charge on any atom is 0.234 e. The third-order valence-corrected chi connectivity index (χ3v) is 6.69. The van der Waals surface area contributed by atoms with Gasteiger partial charge in [0.05, 0.1) is 25.7 Å². The molecule has 1 N–H and O–H groups in total. The molecule has 30 heavy (non-hydrogen) atoms. The lowest BCUT2D eigenvalue weighted by atomic mass is 10.1. The number of rotatable bonds is 9. The lowest BCUT2D eigenvalue weighted by Gasteiger charge is -2.11. The Morgan fingerprint density at radius 1 is 1.23 bits per heavy atom. The van der Waals surface area contributed by atoms with Gasteiger partial charge < -0.3 is 19.4 Å². The Morgan fingerprint density at radius 3 is 2.67 bits per heavy atom. The quantitative estimate of drug-likeness (QED) is 0.471. The molecule has 2 heterocycles. The highest BCUT2D eigenvalue weighted by molar-refractivity contribution is 7.99. The first-order valence-electron chi connectivity index (χ1n) is 9.63. The van der Waals surface area contributed by atoms with Crippen molar-refractivity contribution in [2.75, 3.05) is 25.3 Å². The van der Waals surface area contributed by atoms with E-state index in [1.165, 1.54) is 16.6 Å². The van der Waals surface area contributed by atoms with Crippen LogP contribution in [0.4, 0.5) is 5.69 Å². The van der Waals surface area contributed by atoms with Crippen molar-refractivity contribution in [2.24, 2.45) is 0 Å². The van der Waals surface area contributed by atoms with E-state index in [1.807, 2.05) is 11.5 Å². The van der Waals surface area contributed by atoms with Crippen molar-refractivity contribution in [2.45, 2.75) is 38.4 Å². The first kappa shape index (κ1) is 22.2. The van der Waals surface area contributed by atoms with Crippen LogP contribution in [0.2, 0.25) is 0 Å². The molecule has 2 aromatic heterocycles. The molecule has 0 aliphatic rings. The number of hydrogen-bond donors (Lipinski definition) is 1. The van der Waals surface area contributed by atoms with Crippen LogP contribution in [0, 0.1) is 0 Å². The van der Waals surface area contributed by atoms with Crippen LogP contribution in [-0.4, -0.2) is 40.6 Å². The van der Waals surface area contributed by atoms with Crippen LogP contribution in [-0.2, 0) is 11.3 Å². The van der Waals surface area contributed by atoms with E-state index in [0.29, 0.717) is 23.1 Å². The molecule has 7 nitrogen and oxygen atoms in total. The highest BCUT2D eigenvalue weighted by Crippen LogP contribution is 2.32. The fraction of sp³-hybridized carbons (Fsp3) is 0.381. The Balaban J connectivity index is 1.70. The van der Waals surface area contributed by atoms with Crippen LogP contribution in [0.15, 0.2) is 34.8 Å². The van der Waals surface area contributed by atoms with Crippen LogP contribution in [0.25, 0.3) is 11.4 Å². The summed E-state index contributed by atoms with van der Waals surface area (Å²) in [6, 6.07) is 7.44. The van der Waals surface area contributed by atoms with E-state index in [4.69, 9.17) is 9.47 Å². The van der Waals surface area contributed by atoms with Gasteiger partial charge in [-0.15, -0.1) is 21.5 Å². The van der Waals surface area contributed by atoms with Gasteiger partial charge in [0, 0.05) is 28.4 Å². The second kappa shape index (κ2) is 9.99. The van der Waals surface area contributed by atoms with E-state index in [1.54, 1.807) is 43.8 Å². The number of methoxy groups -OCH3 is 2. The number of thiophene rings is 1. The normalized spacial score (nSPS) is 11.0. The Morgan fingerprint density at radius 2 is 2.03 bits per heavy atom. The first-order valence-corrected chi connectivity index (χ1v) is 11.5. The average Bonchev–Trinajstić information content (AvgIpc) is 3.38. The summed E-state index contributed by atoms with van der Waals surface area (Å²) < 4.78 is 12.6. The Labute approximate surface area is 184 Å². The van der Waals surface area contributed by atoms with Gasteiger partial charge in [-0.3, -0.25) is 4.79 Å². The van der Waals surface area contributed by atoms with E-state index in [2.05, 4.69) is 40.8 Å². The highest BCUT2D eigenvalue weighted by atomic mass is 32.2. The third kappa shape index (κ3) is 4.96. The molecule has 0 saturated heterocycles. The molecule has 9 heteroatoms. The second-order valence-electron chi connectivity index (χ2n) is 6.85. The molecule has 0 saturated carbocycles. The van der Waals surface area contributed by atoms with Gasteiger partial charge in [0.25, 0.3) is 0 Å². The number of nitrogens with zero attached hydrogens (tertiary/aromatic N) is 3. The second-order valence-corrected chi connectivity index (χ2v) is 8.73. The minimum atomic E-state index is -0.156. The van der Waals surface area contributed by atoms with Gasteiger partial charge in [0.1, 0.15) is 11.5 Å². The molecule has 0 aliphatic carbocycles. The van der Waals surface area contributed by atoms with Gasteiger partial charge in [-0.2, -0.15) is 0 Å². The number of ether oxygens (including phenoxy) is 2. The van der Waals surface area contributed by atoms with Gasteiger partial charge in [-0.25, -0.2) is 0 Å². The van der Waals surface area contributed by atoms with Crippen LogP contribution in [0.5, 0.6) is 11.5 Å². The fourth-order valence-corrected chi connectivity index (χ4v) is 4.60. The molecule has 0 radical (unpaired) electrons. The van der Waals surface area contributed by atoms with E-state index in [0.717, 1.165) is 23.1 Å². The van der Waals surface area contributed by atoms with E-state index in [9.17, 15) is 4.79 Å². The molecule has 0 spiro atoms. The molecule has 0 atom stereocenters. The summed E-state index contributed by atoms with van der Waals surface area (Å²) in [5.41, 5.74) is 1.63. The molecule has 3 rings (SSSR count). The molecular formula is C21H26N4O3S2. The summed E-state index contributed by atoms with van der Waals surface area (Å²) in [6.45, 7) is 7.13. The number of carbonyl (C=O) groups excluding carboxylic acids is 1. The summed E-state index contributed by atoms with van der Waals surface area (Å²) in [6.07, 6.45) is 0. The standard InChI is InChI=1S/C21H26N4O3S2/c1-6-25-20(14-9-18(13(2)3)29-11-14)23-24-21(25)30-12-19(26)22-16-10-15(27-4)7-8-17(16)28-5/h7-11,13H,6,12H2,1-5H3,(H,22,26). The molecule has 1 aromatic carbocycles. The number of aromatic nitrogens is 3. The van der Waals surface area contributed by atoms with Gasteiger partial charge in [-0.1, -0.05) is 25.6 Å². The smallest absolute Gasteiger partial charge is 0.234 e. The van der Waals surface area contributed by atoms with E-state index >= 15 is 0 Å². The van der Waals surface area contributed by atoms with Crippen molar-refractivity contribution in [3.05, 3.63) is 34.5 Å². The van der Waals surface area contributed by atoms with Crippen molar-refractivity contribution in [3.63, 3.8) is 0 Å². The number of anilines is 1. The molecular weight excluding hydrogens is 420 g/mol. The number of thioether (sulfide) groups is 1. The molecule has 0 aliphatic heterocycles. The number of carbonyl (C=O) groups is 1. The molecule has 3 aromatic rings. The lowest BCUT2D eigenvalue weighted by Crippen LogP contribution is -2.15. The Kier molecular flexibility index (Phi) is 7.38. The highest BCUT2D eigenvalue weighted by Gasteiger charge is 2.17. The van der Waals surface area contributed by atoms with Crippen LogP contribution in [0.3, 0.4) is 0 Å². The van der Waals surface area contributed by atoms with Crippen LogP contribution in [0.1, 0.15) is 31.6 Å². The predicted octanol–water partition coefficient (Wildman–Crippen LogP) is 4.90. The average molecular weight is 447 g/mol. The minimum Gasteiger partial charge on any atom is -0.497 e. The SMILES string of the molecule is CCn1c(SCC(=O)Nc2cc(OC)ccc2OC)nnc1-c1csc(C(C)C)c1. The fourth-order valence-electron chi connectivity index (χ4n) is 2.90. The topological polar surface area (TPSA) is 78.3 Å². The summed E-state index contributed by atoms with van der Waals surface area (Å²) in [5, 5.41) is 14.4. The molecule has 0 unspecified atom stereocenters. The van der Waals surface area contributed by atoms with Gasteiger partial charge in [0.15, 0.2) is 11.0 Å². The largest absolute Gasteiger partial charge is 0.497 e. The van der Waals surface area contributed by atoms with Crippen molar-refractivity contribution in [1.29, 1.82) is 0 Å². The molecule has 1 amide bonds. The maximum absolute atomic E-state index is 12.5. The van der Waals surface area contributed by atoms with E-state index < -0.39 is 0 Å². The van der Waals surface area contributed by atoms with Crippen LogP contribution >= 0.6 is 23.1 Å². The van der Waals surface area contributed by atoms with Crippen LogP contribution < -0.4 is 14.8 Å². The van der Waals surface area contributed by atoms with E-state index in [-0.39, 0.29) is 11.7 Å². The lowest BCUT2D eigenvalue weighted by molar-refractivity contribution is -0.113. The summed E-state index contributed by atoms with van der Waals surface area (Å²) in [5.74, 6) is 2.58. The monoisotopic (exact) mass is 446 g/mol. The van der Waals surface area contributed by atoms with Crippen molar-refractivity contribution in [3.8, 4) is 22.9 Å². The summed E-state index contributed by atoms with van der Waals surface area (Å²) in [7, 11) is 3.14. The number of benzene rings is 1. The Hall–Kier alpha value is -2.52. The van der Waals surface area contributed by atoms with Gasteiger partial charge in [0.2, 0.25) is 5.91 Å². The van der Waals surface area contributed by atoms with Crippen molar-refractivity contribution < 1.29 is 14.3 Å². The number of amides is 1. The zero-order valence-corrected chi connectivity index (χ0v) is 19.4. The third-order valence-electron chi connectivity index (χ3n) is 4.49. The van der Waals surface area contributed by atoms with Crippen molar-refractivity contribution >= 4 is 34.7 Å². The predicted molar refractivity (Wildman–Crippen MR) is 122 cm³/mol. The van der Waals surface area contributed by atoms with Crippen molar-refractivity contribution in [1.82, 2.24) is 14.8 Å². The zero-order chi connectivity index (χ0) is 21.7. The van der Waals surface area contributed by atoms with Gasteiger partial charge >= 0.3 is 0 Å². The summed E-state index contributed by atoms with van der Waals surface area (Å²) >= 11 is 3.09. The number of hydrogen-bond acceptors (Lipinski definition) is 7. The first-order chi connectivity index (χ1) is 14.5. The molecule has 0 fully saturated rings. The maximum atomic E-state index is 12.5. The zero-order valence-electron chi connectivity index (χ0n) is 17.8. The summed E-state index contributed by atoms with van der Waals surface area (Å²) in [4.78, 5) is 13.8. The molecule has 0 bridgehead atoms.